The van der Waals surface area contributed by atoms with Crippen LogP contribution in [0.2, 0.25) is 0 Å². The third kappa shape index (κ3) is 5.52. The van der Waals surface area contributed by atoms with E-state index in [2.05, 4.69) is 81.1 Å². The lowest BCUT2D eigenvalue weighted by Crippen LogP contribution is -2.44. The van der Waals surface area contributed by atoms with Gasteiger partial charge in [-0.15, -0.1) is 5.92 Å². The SMILES string of the molecule is CC(C)(C)CC#CCO[SiH](c1ccccc1)c1ccccc1. The molecule has 0 radical (unpaired) electrons. The molecule has 0 bridgehead atoms. The Hall–Kier alpha value is -1.82. The summed E-state index contributed by atoms with van der Waals surface area (Å²) in [6.07, 6.45) is 0.902. The highest BCUT2D eigenvalue weighted by molar-refractivity contribution is 6.80. The van der Waals surface area contributed by atoms with E-state index in [0.717, 1.165) is 6.42 Å². The summed E-state index contributed by atoms with van der Waals surface area (Å²) < 4.78 is 6.19. The Morgan fingerprint density at radius 2 is 1.32 bits per heavy atom. The van der Waals surface area contributed by atoms with Gasteiger partial charge in [0.05, 0.1) is 6.61 Å². The Bertz CT molecular complexity index is 578. The number of hydrogen-bond donors (Lipinski definition) is 0. The fourth-order valence-electron chi connectivity index (χ4n) is 2.14. The van der Waals surface area contributed by atoms with Gasteiger partial charge >= 0.3 is 0 Å². The maximum Gasteiger partial charge on any atom is 0.241 e. The van der Waals surface area contributed by atoms with Crippen LogP contribution in [-0.2, 0) is 4.43 Å². The first-order chi connectivity index (χ1) is 10.6. The molecule has 22 heavy (non-hydrogen) atoms. The van der Waals surface area contributed by atoms with Crippen molar-refractivity contribution in [2.45, 2.75) is 27.2 Å². The molecule has 0 saturated heterocycles. The molecule has 2 heteroatoms. The normalized spacial score (nSPS) is 11.1. The van der Waals surface area contributed by atoms with Crippen LogP contribution >= 0.6 is 0 Å². The summed E-state index contributed by atoms with van der Waals surface area (Å²) in [4.78, 5) is 0. The van der Waals surface area contributed by atoms with Crippen LogP contribution in [0.15, 0.2) is 60.7 Å². The zero-order chi connectivity index (χ0) is 15.8. The summed E-state index contributed by atoms with van der Waals surface area (Å²) in [5, 5.41) is 2.60. The Kier molecular flexibility index (Phi) is 6.00. The summed E-state index contributed by atoms with van der Waals surface area (Å²) >= 11 is 0. The number of rotatable bonds is 4. The monoisotopic (exact) mass is 308 g/mol. The van der Waals surface area contributed by atoms with Gasteiger partial charge in [0.15, 0.2) is 0 Å². The smallest absolute Gasteiger partial charge is 0.241 e. The quantitative estimate of drug-likeness (QED) is 0.623. The summed E-state index contributed by atoms with van der Waals surface area (Å²) in [5.74, 6) is 6.41. The van der Waals surface area contributed by atoms with Gasteiger partial charge in [-0.1, -0.05) is 87.4 Å². The van der Waals surface area contributed by atoms with Gasteiger partial charge in [-0.05, 0) is 15.8 Å². The van der Waals surface area contributed by atoms with Crippen molar-refractivity contribution in [3.63, 3.8) is 0 Å². The highest BCUT2D eigenvalue weighted by atomic mass is 28.3. The molecule has 2 aromatic carbocycles. The van der Waals surface area contributed by atoms with Crippen molar-refractivity contribution in [3.8, 4) is 11.8 Å². The minimum absolute atomic E-state index is 0.253. The van der Waals surface area contributed by atoms with Crippen LogP contribution in [0.5, 0.6) is 0 Å². The van der Waals surface area contributed by atoms with Crippen molar-refractivity contribution in [2.75, 3.05) is 6.61 Å². The number of benzene rings is 2. The minimum Gasteiger partial charge on any atom is -0.400 e. The van der Waals surface area contributed by atoms with Gasteiger partial charge in [0, 0.05) is 6.42 Å². The molecule has 0 unspecified atom stereocenters. The molecular formula is C20H24OSi. The van der Waals surface area contributed by atoms with Crippen molar-refractivity contribution in [1.82, 2.24) is 0 Å². The first-order valence-electron chi connectivity index (χ1n) is 7.73. The zero-order valence-electron chi connectivity index (χ0n) is 13.7. The van der Waals surface area contributed by atoms with E-state index in [0.29, 0.717) is 6.61 Å². The molecule has 114 valence electrons. The van der Waals surface area contributed by atoms with Crippen LogP contribution in [-0.4, -0.2) is 15.6 Å². The largest absolute Gasteiger partial charge is 0.400 e. The van der Waals surface area contributed by atoms with E-state index >= 15 is 0 Å². The molecule has 1 nitrogen and oxygen atoms in total. The van der Waals surface area contributed by atoms with E-state index in [1.165, 1.54) is 10.4 Å². The fourth-order valence-corrected chi connectivity index (χ4v) is 4.31. The van der Waals surface area contributed by atoms with Crippen molar-refractivity contribution < 1.29 is 4.43 Å². The molecule has 0 aliphatic carbocycles. The van der Waals surface area contributed by atoms with E-state index in [4.69, 9.17) is 4.43 Å². The van der Waals surface area contributed by atoms with E-state index in [-0.39, 0.29) is 5.41 Å². The summed E-state index contributed by atoms with van der Waals surface area (Å²) in [7, 11) is -1.64. The molecule has 0 fully saturated rings. The van der Waals surface area contributed by atoms with E-state index in [1.807, 2.05) is 12.1 Å². The predicted octanol–water partition coefficient (Wildman–Crippen LogP) is 2.98. The second-order valence-electron chi connectivity index (χ2n) is 6.60. The summed E-state index contributed by atoms with van der Waals surface area (Å²) in [6.45, 7) is 7.12. The first kappa shape index (κ1) is 16.5. The van der Waals surface area contributed by atoms with Crippen LogP contribution in [0.1, 0.15) is 27.2 Å². The molecule has 0 aliphatic heterocycles. The maximum atomic E-state index is 6.19. The molecule has 0 atom stereocenters. The van der Waals surface area contributed by atoms with Gasteiger partial charge in [-0.3, -0.25) is 0 Å². The minimum atomic E-state index is -1.64. The van der Waals surface area contributed by atoms with Crippen molar-refractivity contribution in [2.24, 2.45) is 5.41 Å². The Labute approximate surface area is 136 Å². The van der Waals surface area contributed by atoms with Gasteiger partial charge in [0.2, 0.25) is 9.04 Å². The molecule has 0 saturated carbocycles. The topological polar surface area (TPSA) is 9.23 Å². The number of hydrogen-bond acceptors (Lipinski definition) is 1. The average molecular weight is 308 g/mol. The molecule has 0 spiro atoms. The van der Waals surface area contributed by atoms with Crippen LogP contribution < -0.4 is 10.4 Å². The van der Waals surface area contributed by atoms with E-state index < -0.39 is 9.04 Å². The lowest BCUT2D eigenvalue weighted by molar-refractivity contribution is 0.389. The lowest BCUT2D eigenvalue weighted by Gasteiger charge is -2.16. The Morgan fingerprint density at radius 3 is 1.77 bits per heavy atom. The Morgan fingerprint density at radius 1 is 0.818 bits per heavy atom. The summed E-state index contributed by atoms with van der Waals surface area (Å²) in [6, 6.07) is 21.0. The molecule has 0 N–H and O–H groups in total. The summed E-state index contributed by atoms with van der Waals surface area (Å²) in [5.41, 5.74) is 0.253. The standard InChI is InChI=1S/C20H24OSi/c1-20(2,3)16-10-11-17-21-22(18-12-6-4-7-13-18)19-14-8-5-9-15-19/h4-9,12-15,22H,16-17H2,1-3H3. The third-order valence-corrected chi connectivity index (χ3v) is 5.75. The van der Waals surface area contributed by atoms with Crippen LogP contribution in [0.25, 0.3) is 0 Å². The van der Waals surface area contributed by atoms with Gasteiger partial charge in [0.1, 0.15) is 0 Å². The first-order valence-corrected chi connectivity index (χ1v) is 9.36. The van der Waals surface area contributed by atoms with Crippen molar-refractivity contribution in [3.05, 3.63) is 60.7 Å². The van der Waals surface area contributed by atoms with E-state index in [9.17, 15) is 0 Å². The van der Waals surface area contributed by atoms with E-state index in [1.54, 1.807) is 0 Å². The molecule has 0 aromatic heterocycles. The third-order valence-electron chi connectivity index (χ3n) is 3.27. The molecule has 2 aromatic rings. The van der Waals surface area contributed by atoms with Crippen LogP contribution in [0.4, 0.5) is 0 Å². The second kappa shape index (κ2) is 7.98. The van der Waals surface area contributed by atoms with Crippen molar-refractivity contribution in [1.29, 1.82) is 0 Å². The van der Waals surface area contributed by atoms with Gasteiger partial charge in [-0.2, -0.15) is 0 Å². The molecule has 0 heterocycles. The Balaban J connectivity index is 2.07. The molecule has 0 aliphatic rings. The van der Waals surface area contributed by atoms with Crippen molar-refractivity contribution >= 4 is 19.4 Å². The predicted molar refractivity (Wildman–Crippen MR) is 97.1 cm³/mol. The zero-order valence-corrected chi connectivity index (χ0v) is 14.8. The lowest BCUT2D eigenvalue weighted by atomic mass is 9.93. The maximum absolute atomic E-state index is 6.19. The average Bonchev–Trinajstić information content (AvgIpc) is 2.51. The molecule has 0 amide bonds. The highest BCUT2D eigenvalue weighted by Crippen LogP contribution is 2.16. The van der Waals surface area contributed by atoms with Gasteiger partial charge < -0.3 is 4.43 Å². The van der Waals surface area contributed by atoms with Crippen LogP contribution in [0.3, 0.4) is 0 Å². The highest BCUT2D eigenvalue weighted by Gasteiger charge is 2.16. The second-order valence-corrected chi connectivity index (χ2v) is 9.03. The van der Waals surface area contributed by atoms with Crippen LogP contribution in [0, 0.1) is 17.3 Å². The molecule has 2 rings (SSSR count). The van der Waals surface area contributed by atoms with Gasteiger partial charge in [-0.25, -0.2) is 0 Å². The fraction of sp³-hybridized carbons (Fsp3) is 0.300. The molecular weight excluding hydrogens is 284 g/mol. The van der Waals surface area contributed by atoms with Gasteiger partial charge in [0.25, 0.3) is 0 Å².